The lowest BCUT2D eigenvalue weighted by molar-refractivity contribution is 0.102. The average Bonchev–Trinajstić information content (AvgIpc) is 2.41. The Morgan fingerprint density at radius 3 is 2.89 bits per heavy atom. The fourth-order valence-electron chi connectivity index (χ4n) is 1.51. The van der Waals surface area contributed by atoms with E-state index in [0.29, 0.717) is 0 Å². The van der Waals surface area contributed by atoms with Crippen LogP contribution >= 0.6 is 11.6 Å². The Labute approximate surface area is 114 Å². The number of benzene rings is 1. The summed E-state index contributed by atoms with van der Waals surface area (Å²) in [6.07, 6.45) is 1.50. The van der Waals surface area contributed by atoms with Crippen LogP contribution in [0.25, 0.3) is 0 Å². The maximum absolute atomic E-state index is 13.6. The van der Waals surface area contributed by atoms with Gasteiger partial charge in [-0.1, -0.05) is 11.6 Å². The molecule has 0 saturated carbocycles. The van der Waals surface area contributed by atoms with Crippen LogP contribution in [0.5, 0.6) is 5.88 Å². The highest BCUT2D eigenvalue weighted by molar-refractivity contribution is 6.30. The third-order valence-corrected chi connectivity index (χ3v) is 2.62. The van der Waals surface area contributed by atoms with Gasteiger partial charge in [0.15, 0.2) is 0 Å². The molecule has 98 valence electrons. The van der Waals surface area contributed by atoms with Crippen molar-refractivity contribution in [2.75, 3.05) is 12.4 Å². The fraction of sp³-hybridized carbons (Fsp3) is 0.0769. The van der Waals surface area contributed by atoms with Crippen LogP contribution in [0.2, 0.25) is 5.02 Å². The molecule has 0 fully saturated rings. The third-order valence-electron chi connectivity index (χ3n) is 2.39. The third kappa shape index (κ3) is 3.00. The number of hydrogen-bond acceptors (Lipinski definition) is 3. The van der Waals surface area contributed by atoms with Gasteiger partial charge in [0.05, 0.1) is 12.8 Å². The number of rotatable bonds is 3. The van der Waals surface area contributed by atoms with E-state index in [2.05, 4.69) is 10.3 Å². The summed E-state index contributed by atoms with van der Waals surface area (Å²) in [5.74, 6) is -0.941. The molecule has 0 aliphatic rings. The van der Waals surface area contributed by atoms with Crippen molar-refractivity contribution in [3.05, 3.63) is 52.9 Å². The molecule has 1 aromatic carbocycles. The van der Waals surface area contributed by atoms with Crippen molar-refractivity contribution in [3.8, 4) is 5.88 Å². The second kappa shape index (κ2) is 5.67. The number of halogens is 2. The van der Waals surface area contributed by atoms with E-state index in [1.807, 2.05) is 0 Å². The number of amides is 1. The number of nitrogens with zero attached hydrogens (tertiary/aromatic N) is 1. The molecular weight excluding hydrogens is 271 g/mol. The first-order valence-corrected chi connectivity index (χ1v) is 5.75. The van der Waals surface area contributed by atoms with Crippen molar-refractivity contribution in [2.45, 2.75) is 0 Å². The molecule has 1 aromatic heterocycles. The molecule has 0 radical (unpaired) electrons. The monoisotopic (exact) mass is 280 g/mol. The molecule has 2 rings (SSSR count). The van der Waals surface area contributed by atoms with Crippen LogP contribution in [-0.2, 0) is 0 Å². The molecule has 0 spiro atoms. The van der Waals surface area contributed by atoms with Gasteiger partial charge in [0.25, 0.3) is 5.91 Å². The lowest BCUT2D eigenvalue weighted by Crippen LogP contribution is -2.14. The molecule has 0 saturated heterocycles. The molecule has 0 unspecified atom stereocenters. The topological polar surface area (TPSA) is 51.2 Å². The quantitative estimate of drug-likeness (QED) is 0.940. The Morgan fingerprint density at radius 2 is 2.21 bits per heavy atom. The number of methoxy groups -OCH3 is 1. The lowest BCUT2D eigenvalue weighted by atomic mass is 10.2. The molecule has 19 heavy (non-hydrogen) atoms. The molecule has 6 heteroatoms. The number of ether oxygens (including phenoxy) is 1. The lowest BCUT2D eigenvalue weighted by Gasteiger charge is -2.08. The van der Waals surface area contributed by atoms with Crippen molar-refractivity contribution in [1.29, 1.82) is 0 Å². The van der Waals surface area contributed by atoms with Crippen LogP contribution in [-0.4, -0.2) is 18.0 Å². The van der Waals surface area contributed by atoms with E-state index in [4.69, 9.17) is 16.3 Å². The van der Waals surface area contributed by atoms with E-state index >= 15 is 0 Å². The van der Waals surface area contributed by atoms with Crippen LogP contribution in [0.15, 0.2) is 36.5 Å². The van der Waals surface area contributed by atoms with E-state index < -0.39 is 11.7 Å². The van der Waals surface area contributed by atoms with Crippen molar-refractivity contribution in [2.24, 2.45) is 0 Å². The van der Waals surface area contributed by atoms with E-state index in [0.717, 1.165) is 6.07 Å². The van der Waals surface area contributed by atoms with Crippen molar-refractivity contribution >= 4 is 23.2 Å². The SMILES string of the molecule is COc1ncccc1C(=O)Nc1ccc(Cl)cc1F. The van der Waals surface area contributed by atoms with Gasteiger partial charge in [-0.3, -0.25) is 4.79 Å². The zero-order valence-corrected chi connectivity index (χ0v) is 10.7. The second-order valence-electron chi connectivity index (χ2n) is 3.64. The summed E-state index contributed by atoms with van der Waals surface area (Å²) < 4.78 is 18.5. The smallest absolute Gasteiger partial charge is 0.261 e. The first kappa shape index (κ1) is 13.3. The Hall–Kier alpha value is -2.14. The van der Waals surface area contributed by atoms with Crippen LogP contribution in [0, 0.1) is 5.82 Å². The minimum Gasteiger partial charge on any atom is -0.480 e. The molecule has 0 aliphatic heterocycles. The van der Waals surface area contributed by atoms with Crippen LogP contribution in [0.3, 0.4) is 0 Å². The molecule has 1 N–H and O–H groups in total. The predicted molar refractivity (Wildman–Crippen MR) is 70.2 cm³/mol. The number of hydrogen-bond donors (Lipinski definition) is 1. The van der Waals surface area contributed by atoms with Gasteiger partial charge in [0.2, 0.25) is 5.88 Å². The number of carbonyl (C=O) groups is 1. The number of nitrogens with one attached hydrogen (secondary N) is 1. The summed E-state index contributed by atoms with van der Waals surface area (Å²) in [4.78, 5) is 15.9. The van der Waals surface area contributed by atoms with Crippen molar-refractivity contribution < 1.29 is 13.9 Å². The molecule has 0 aliphatic carbocycles. The van der Waals surface area contributed by atoms with Gasteiger partial charge in [0, 0.05) is 11.2 Å². The van der Waals surface area contributed by atoms with Crippen LogP contribution in [0.4, 0.5) is 10.1 Å². The van der Waals surface area contributed by atoms with E-state index in [-0.39, 0.29) is 22.2 Å². The van der Waals surface area contributed by atoms with Gasteiger partial charge < -0.3 is 10.1 Å². The maximum atomic E-state index is 13.6. The maximum Gasteiger partial charge on any atom is 0.261 e. The Balaban J connectivity index is 2.26. The average molecular weight is 281 g/mol. The molecule has 1 heterocycles. The Bertz CT molecular complexity index is 619. The number of aromatic nitrogens is 1. The minimum absolute atomic E-state index is 0.0420. The van der Waals surface area contributed by atoms with Gasteiger partial charge in [-0.15, -0.1) is 0 Å². The van der Waals surface area contributed by atoms with E-state index in [1.165, 1.54) is 31.5 Å². The normalized spacial score (nSPS) is 10.1. The summed E-state index contributed by atoms with van der Waals surface area (Å²) in [5.41, 5.74) is 0.264. The zero-order valence-electron chi connectivity index (χ0n) is 9.98. The van der Waals surface area contributed by atoms with Gasteiger partial charge >= 0.3 is 0 Å². The molecule has 0 atom stereocenters. The first-order chi connectivity index (χ1) is 9.11. The Morgan fingerprint density at radius 1 is 1.42 bits per heavy atom. The number of pyridine rings is 1. The molecule has 1 amide bonds. The van der Waals surface area contributed by atoms with E-state index in [9.17, 15) is 9.18 Å². The van der Waals surface area contributed by atoms with E-state index in [1.54, 1.807) is 6.07 Å². The standard InChI is InChI=1S/C13H10ClFN2O2/c1-19-13-9(3-2-6-16-13)12(18)17-11-5-4-8(14)7-10(11)15/h2-7H,1H3,(H,17,18). The highest BCUT2D eigenvalue weighted by Gasteiger charge is 2.14. The van der Waals surface area contributed by atoms with Crippen LogP contribution < -0.4 is 10.1 Å². The summed E-state index contributed by atoms with van der Waals surface area (Å²) >= 11 is 5.64. The Kier molecular flexibility index (Phi) is 3.97. The molecule has 4 nitrogen and oxygen atoms in total. The van der Waals surface area contributed by atoms with Gasteiger partial charge in [-0.2, -0.15) is 0 Å². The van der Waals surface area contributed by atoms with Crippen molar-refractivity contribution in [3.63, 3.8) is 0 Å². The summed E-state index contributed by atoms with van der Waals surface area (Å²) in [5, 5.41) is 2.69. The summed E-state index contributed by atoms with van der Waals surface area (Å²) in [7, 11) is 1.40. The molecule has 0 bridgehead atoms. The number of anilines is 1. The first-order valence-electron chi connectivity index (χ1n) is 5.37. The van der Waals surface area contributed by atoms with Crippen molar-refractivity contribution in [1.82, 2.24) is 4.98 Å². The largest absolute Gasteiger partial charge is 0.480 e. The molecule has 2 aromatic rings. The summed E-state index contributed by atoms with van der Waals surface area (Å²) in [6, 6.07) is 7.13. The second-order valence-corrected chi connectivity index (χ2v) is 4.07. The molecular formula is C13H10ClFN2O2. The van der Waals surface area contributed by atoms with Gasteiger partial charge in [0.1, 0.15) is 11.4 Å². The zero-order chi connectivity index (χ0) is 13.8. The van der Waals surface area contributed by atoms with Gasteiger partial charge in [-0.25, -0.2) is 9.37 Å². The van der Waals surface area contributed by atoms with Gasteiger partial charge in [-0.05, 0) is 30.3 Å². The number of carbonyl (C=O) groups excluding carboxylic acids is 1. The summed E-state index contributed by atoms with van der Waals surface area (Å²) in [6.45, 7) is 0. The minimum atomic E-state index is -0.608. The predicted octanol–water partition coefficient (Wildman–Crippen LogP) is 3.14. The highest BCUT2D eigenvalue weighted by Crippen LogP contribution is 2.21. The highest BCUT2D eigenvalue weighted by atomic mass is 35.5. The fourth-order valence-corrected chi connectivity index (χ4v) is 1.67. The van der Waals surface area contributed by atoms with Crippen LogP contribution in [0.1, 0.15) is 10.4 Å².